The van der Waals surface area contributed by atoms with Gasteiger partial charge in [-0.2, -0.15) is 0 Å². The quantitative estimate of drug-likeness (QED) is 0.771. The first kappa shape index (κ1) is 11.9. The molecule has 2 N–H and O–H groups in total. The van der Waals surface area contributed by atoms with E-state index in [0.717, 1.165) is 0 Å². The molecule has 92 valence electrons. The van der Waals surface area contributed by atoms with Crippen LogP contribution >= 0.6 is 0 Å². The van der Waals surface area contributed by atoms with Crippen LogP contribution in [0.4, 0.5) is 0 Å². The van der Waals surface area contributed by atoms with Crippen molar-refractivity contribution in [1.29, 1.82) is 0 Å². The van der Waals surface area contributed by atoms with Crippen molar-refractivity contribution in [2.24, 2.45) is 0 Å². The number of phenols is 1. The second-order valence-electron chi connectivity index (χ2n) is 4.94. The summed E-state index contributed by atoms with van der Waals surface area (Å²) in [5, 5.41) is 19.7. The topological polar surface area (TPSA) is 60.8 Å². The van der Waals surface area contributed by atoms with Gasteiger partial charge in [-0.05, 0) is 31.9 Å². The van der Waals surface area contributed by atoms with Crippen molar-refractivity contribution < 1.29 is 15.0 Å². The second kappa shape index (κ2) is 4.04. The highest BCUT2D eigenvalue weighted by molar-refractivity contribution is 5.97. The first-order chi connectivity index (χ1) is 7.91. The molecule has 1 fully saturated rings. The molecule has 0 radical (unpaired) electrons. The van der Waals surface area contributed by atoms with Crippen LogP contribution in [0.25, 0.3) is 0 Å². The van der Waals surface area contributed by atoms with E-state index in [0.29, 0.717) is 30.6 Å². The van der Waals surface area contributed by atoms with Gasteiger partial charge in [-0.25, -0.2) is 0 Å². The van der Waals surface area contributed by atoms with Crippen LogP contribution in [0.15, 0.2) is 18.2 Å². The third-order valence-electron chi connectivity index (χ3n) is 3.21. The third kappa shape index (κ3) is 2.26. The summed E-state index contributed by atoms with van der Waals surface area (Å²) in [5.74, 6) is -0.187. The van der Waals surface area contributed by atoms with Gasteiger partial charge in [0.05, 0.1) is 11.2 Å². The molecule has 1 aromatic rings. The number of carbonyl (C=O) groups is 1. The molecule has 4 heteroatoms. The van der Waals surface area contributed by atoms with E-state index in [1.807, 2.05) is 0 Å². The molecule has 17 heavy (non-hydrogen) atoms. The number of β-amino-alcohol motifs (C(OH)–C–C–N with tert-alkyl or cyclic N) is 1. The zero-order chi connectivity index (χ0) is 12.6. The van der Waals surface area contributed by atoms with Crippen LogP contribution in [-0.4, -0.2) is 39.7 Å². The summed E-state index contributed by atoms with van der Waals surface area (Å²) < 4.78 is 0. The van der Waals surface area contributed by atoms with E-state index in [2.05, 4.69) is 0 Å². The molecule has 0 bridgehead atoms. The van der Waals surface area contributed by atoms with Gasteiger partial charge in [0.15, 0.2) is 0 Å². The summed E-state index contributed by atoms with van der Waals surface area (Å²) >= 11 is 0. The Kier molecular flexibility index (Phi) is 2.83. The number of hydrogen-bond donors (Lipinski definition) is 2. The predicted octanol–water partition coefficient (Wildman–Crippen LogP) is 1.30. The Morgan fingerprint density at radius 2 is 2.18 bits per heavy atom. The van der Waals surface area contributed by atoms with Gasteiger partial charge in [0.1, 0.15) is 5.75 Å². The van der Waals surface area contributed by atoms with Crippen molar-refractivity contribution in [2.45, 2.75) is 25.9 Å². The Morgan fingerprint density at radius 1 is 1.47 bits per heavy atom. The lowest BCUT2D eigenvalue weighted by Crippen LogP contribution is -2.33. The van der Waals surface area contributed by atoms with E-state index in [-0.39, 0.29) is 11.7 Å². The highest BCUT2D eigenvalue weighted by Crippen LogP contribution is 2.27. The Balaban J connectivity index is 2.24. The number of aryl methyl sites for hydroxylation is 1. The van der Waals surface area contributed by atoms with Gasteiger partial charge in [0.25, 0.3) is 5.91 Å². The van der Waals surface area contributed by atoms with E-state index in [9.17, 15) is 15.0 Å². The second-order valence-corrected chi connectivity index (χ2v) is 4.94. The van der Waals surface area contributed by atoms with Gasteiger partial charge >= 0.3 is 0 Å². The summed E-state index contributed by atoms with van der Waals surface area (Å²) in [6.45, 7) is 4.32. The van der Waals surface area contributed by atoms with Crippen molar-refractivity contribution in [3.63, 3.8) is 0 Å². The highest BCUT2D eigenvalue weighted by atomic mass is 16.3. The molecule has 1 unspecified atom stereocenters. The molecule has 1 atom stereocenters. The van der Waals surface area contributed by atoms with Gasteiger partial charge in [0, 0.05) is 13.1 Å². The lowest BCUT2D eigenvalue weighted by molar-refractivity contribution is 0.0570. The molecule has 4 nitrogen and oxygen atoms in total. The summed E-state index contributed by atoms with van der Waals surface area (Å²) in [4.78, 5) is 13.7. The van der Waals surface area contributed by atoms with Crippen molar-refractivity contribution in [3.8, 4) is 5.75 Å². The van der Waals surface area contributed by atoms with Crippen LogP contribution in [-0.2, 0) is 0 Å². The highest BCUT2D eigenvalue weighted by Gasteiger charge is 2.35. The first-order valence-electron chi connectivity index (χ1n) is 5.71. The predicted molar refractivity (Wildman–Crippen MR) is 64.0 cm³/mol. The number of aromatic hydroxyl groups is 1. The van der Waals surface area contributed by atoms with Gasteiger partial charge < -0.3 is 15.1 Å². The number of carbonyl (C=O) groups excluding carboxylic acids is 1. The summed E-state index contributed by atoms with van der Waals surface area (Å²) in [6.07, 6.45) is 0.575. The average Bonchev–Trinajstić information content (AvgIpc) is 2.62. The summed E-state index contributed by atoms with van der Waals surface area (Å²) in [6, 6.07) is 5.11. The molecule has 0 spiro atoms. The minimum atomic E-state index is -0.810. The van der Waals surface area contributed by atoms with Crippen molar-refractivity contribution in [1.82, 2.24) is 4.90 Å². The van der Waals surface area contributed by atoms with Gasteiger partial charge in [-0.1, -0.05) is 12.1 Å². The Morgan fingerprint density at radius 3 is 2.76 bits per heavy atom. The van der Waals surface area contributed by atoms with Crippen LogP contribution in [0, 0.1) is 6.92 Å². The van der Waals surface area contributed by atoms with Crippen molar-refractivity contribution >= 4 is 5.91 Å². The fraction of sp³-hybridized carbons (Fsp3) is 0.462. The molecule has 2 rings (SSSR count). The van der Waals surface area contributed by atoms with Crippen LogP contribution in [0.5, 0.6) is 5.75 Å². The molecule has 1 aliphatic heterocycles. The van der Waals surface area contributed by atoms with E-state index in [4.69, 9.17) is 0 Å². The molecule has 1 saturated heterocycles. The molecular formula is C13H17NO3. The number of rotatable bonds is 1. The van der Waals surface area contributed by atoms with Crippen molar-refractivity contribution in [3.05, 3.63) is 29.3 Å². The standard InChI is InChI=1S/C13H17NO3/c1-9-4-3-5-10(11(9)15)12(16)14-7-6-13(2,17)8-14/h3-5,15,17H,6-8H2,1-2H3. The van der Waals surface area contributed by atoms with Gasteiger partial charge in [-0.15, -0.1) is 0 Å². The normalized spacial score (nSPS) is 24.1. The number of aliphatic hydroxyl groups is 1. The van der Waals surface area contributed by atoms with Crippen LogP contribution in [0.1, 0.15) is 29.3 Å². The minimum absolute atomic E-state index is 0.0315. The monoisotopic (exact) mass is 235 g/mol. The van der Waals surface area contributed by atoms with Gasteiger partial charge in [0.2, 0.25) is 0 Å². The van der Waals surface area contributed by atoms with E-state index in [1.54, 1.807) is 36.9 Å². The zero-order valence-corrected chi connectivity index (χ0v) is 10.1. The smallest absolute Gasteiger partial charge is 0.257 e. The molecule has 0 saturated carbocycles. The number of benzene rings is 1. The summed E-state index contributed by atoms with van der Waals surface area (Å²) in [7, 11) is 0. The van der Waals surface area contributed by atoms with Crippen LogP contribution in [0.2, 0.25) is 0 Å². The zero-order valence-electron chi connectivity index (χ0n) is 10.1. The number of hydrogen-bond acceptors (Lipinski definition) is 3. The Hall–Kier alpha value is -1.55. The van der Waals surface area contributed by atoms with Crippen LogP contribution < -0.4 is 0 Å². The fourth-order valence-corrected chi connectivity index (χ4v) is 2.12. The van der Waals surface area contributed by atoms with E-state index < -0.39 is 5.60 Å². The Labute approximate surface area is 100 Å². The molecule has 1 aromatic carbocycles. The van der Waals surface area contributed by atoms with Crippen LogP contribution in [0.3, 0.4) is 0 Å². The SMILES string of the molecule is Cc1cccc(C(=O)N2CCC(C)(O)C2)c1O. The largest absolute Gasteiger partial charge is 0.507 e. The van der Waals surface area contributed by atoms with E-state index >= 15 is 0 Å². The minimum Gasteiger partial charge on any atom is -0.507 e. The molecule has 1 heterocycles. The van der Waals surface area contributed by atoms with E-state index in [1.165, 1.54) is 0 Å². The molecular weight excluding hydrogens is 218 g/mol. The Bertz CT molecular complexity index is 454. The van der Waals surface area contributed by atoms with Gasteiger partial charge in [-0.3, -0.25) is 4.79 Å². The third-order valence-corrected chi connectivity index (χ3v) is 3.21. The molecule has 1 aliphatic rings. The molecule has 1 amide bonds. The number of likely N-dealkylation sites (tertiary alicyclic amines) is 1. The number of para-hydroxylation sites is 1. The lowest BCUT2D eigenvalue weighted by atomic mass is 10.1. The molecule has 0 aliphatic carbocycles. The molecule has 0 aromatic heterocycles. The number of phenolic OH excluding ortho intramolecular Hbond substituents is 1. The lowest BCUT2D eigenvalue weighted by Gasteiger charge is -2.19. The fourth-order valence-electron chi connectivity index (χ4n) is 2.12. The maximum Gasteiger partial charge on any atom is 0.257 e. The average molecular weight is 235 g/mol. The summed E-state index contributed by atoms with van der Waals surface area (Å²) in [5.41, 5.74) is 0.180. The first-order valence-corrected chi connectivity index (χ1v) is 5.71. The number of amides is 1. The maximum atomic E-state index is 12.2. The van der Waals surface area contributed by atoms with Crippen molar-refractivity contribution in [2.75, 3.05) is 13.1 Å². The number of nitrogens with zero attached hydrogens (tertiary/aromatic N) is 1. The maximum absolute atomic E-state index is 12.2.